The number of oxime groups is 1. The van der Waals surface area contributed by atoms with Crippen LogP contribution in [0.5, 0.6) is 0 Å². The predicted molar refractivity (Wildman–Crippen MR) is 86.4 cm³/mol. The van der Waals surface area contributed by atoms with Gasteiger partial charge in [0.05, 0.1) is 10.2 Å². The van der Waals surface area contributed by atoms with Crippen LogP contribution in [0.4, 0.5) is 10.1 Å². The van der Waals surface area contributed by atoms with Crippen LogP contribution in [0.3, 0.4) is 0 Å². The number of anilines is 1. The number of hydrogen-bond acceptors (Lipinski definition) is 3. The average molecular weight is 358 g/mol. The molecule has 1 saturated heterocycles. The number of piperidine rings is 1. The Balaban J connectivity index is 2.43. The smallest absolute Gasteiger partial charge is 0.171 e. The lowest BCUT2D eigenvalue weighted by Crippen LogP contribution is -2.46. The number of halogens is 2. The van der Waals surface area contributed by atoms with E-state index in [-0.39, 0.29) is 22.2 Å². The molecule has 0 bridgehead atoms. The first-order valence-corrected chi connectivity index (χ1v) is 7.88. The average Bonchev–Trinajstić information content (AvgIpc) is 2.45. The summed E-state index contributed by atoms with van der Waals surface area (Å²) in [6.07, 6.45) is 1.16. The number of nitrogens with zero attached hydrogens (tertiary/aromatic N) is 2. The molecule has 1 aromatic rings. The van der Waals surface area contributed by atoms with Gasteiger partial charge in [0, 0.05) is 18.2 Å². The molecule has 1 fully saturated rings. The second kappa shape index (κ2) is 6.22. The van der Waals surface area contributed by atoms with E-state index < -0.39 is 0 Å². The van der Waals surface area contributed by atoms with Crippen molar-refractivity contribution in [2.45, 2.75) is 33.2 Å². The highest BCUT2D eigenvalue weighted by atomic mass is 79.9. The van der Waals surface area contributed by atoms with Crippen LogP contribution in [0.1, 0.15) is 32.8 Å². The summed E-state index contributed by atoms with van der Waals surface area (Å²) in [4.78, 5) is 2.11. The molecule has 0 spiro atoms. The van der Waals surface area contributed by atoms with Gasteiger partial charge >= 0.3 is 0 Å². The SMILES string of the molecule is CC1CC(C)C(C)N(c2ccc(/C(N)=N/O)c(Br)c2F)C1. The molecule has 1 aliphatic heterocycles. The minimum atomic E-state index is -0.368. The molecule has 21 heavy (non-hydrogen) atoms. The maximum absolute atomic E-state index is 14.7. The van der Waals surface area contributed by atoms with Crippen LogP contribution in [-0.2, 0) is 0 Å². The molecule has 4 nitrogen and oxygen atoms in total. The molecule has 0 radical (unpaired) electrons. The fourth-order valence-electron chi connectivity index (χ4n) is 3.05. The van der Waals surface area contributed by atoms with Crippen molar-refractivity contribution in [3.63, 3.8) is 0 Å². The number of amidine groups is 1. The van der Waals surface area contributed by atoms with E-state index in [1.807, 2.05) is 0 Å². The van der Waals surface area contributed by atoms with Crippen molar-refractivity contribution in [1.82, 2.24) is 0 Å². The van der Waals surface area contributed by atoms with Gasteiger partial charge in [-0.05, 0) is 53.2 Å². The molecular formula is C15H21BrFN3O. The lowest BCUT2D eigenvalue weighted by molar-refractivity contribution is 0.295. The lowest BCUT2D eigenvalue weighted by Gasteiger charge is -2.42. The van der Waals surface area contributed by atoms with Gasteiger partial charge in [-0.25, -0.2) is 4.39 Å². The standard InChI is InChI=1S/C15H21BrFN3O/c1-8-6-9(2)10(3)20(7-8)12-5-4-11(15(18)19-21)13(16)14(12)17/h4-5,8-10,21H,6-7H2,1-3H3,(H2,18,19). The van der Waals surface area contributed by atoms with Crippen molar-refractivity contribution in [1.29, 1.82) is 0 Å². The van der Waals surface area contributed by atoms with Crippen molar-refractivity contribution in [2.75, 3.05) is 11.4 Å². The summed E-state index contributed by atoms with van der Waals surface area (Å²) >= 11 is 3.22. The molecule has 6 heteroatoms. The molecule has 0 aliphatic carbocycles. The van der Waals surface area contributed by atoms with Gasteiger partial charge in [-0.1, -0.05) is 19.0 Å². The summed E-state index contributed by atoms with van der Waals surface area (Å²) in [7, 11) is 0. The number of rotatable bonds is 2. The van der Waals surface area contributed by atoms with Crippen LogP contribution < -0.4 is 10.6 Å². The molecular weight excluding hydrogens is 337 g/mol. The zero-order valence-electron chi connectivity index (χ0n) is 12.5. The Morgan fingerprint density at radius 3 is 2.71 bits per heavy atom. The molecule has 116 valence electrons. The van der Waals surface area contributed by atoms with E-state index >= 15 is 0 Å². The summed E-state index contributed by atoms with van der Waals surface area (Å²) in [6.45, 7) is 7.34. The van der Waals surface area contributed by atoms with E-state index in [0.717, 1.165) is 13.0 Å². The van der Waals surface area contributed by atoms with Gasteiger partial charge in [0.2, 0.25) is 0 Å². The van der Waals surface area contributed by atoms with Crippen LogP contribution in [0.15, 0.2) is 21.8 Å². The van der Waals surface area contributed by atoms with E-state index in [1.54, 1.807) is 12.1 Å². The van der Waals surface area contributed by atoms with Gasteiger partial charge in [-0.2, -0.15) is 0 Å². The Bertz CT molecular complexity index is 564. The molecule has 1 heterocycles. The van der Waals surface area contributed by atoms with Gasteiger partial charge in [-0.3, -0.25) is 0 Å². The fourth-order valence-corrected chi connectivity index (χ4v) is 3.58. The number of benzene rings is 1. The highest BCUT2D eigenvalue weighted by Crippen LogP contribution is 2.36. The van der Waals surface area contributed by atoms with Gasteiger partial charge in [-0.15, -0.1) is 0 Å². The Hall–Kier alpha value is -1.30. The van der Waals surface area contributed by atoms with Crippen molar-refractivity contribution >= 4 is 27.5 Å². The van der Waals surface area contributed by atoms with E-state index in [1.165, 1.54) is 0 Å². The van der Waals surface area contributed by atoms with Crippen LogP contribution >= 0.6 is 15.9 Å². The minimum absolute atomic E-state index is 0.110. The predicted octanol–water partition coefficient (Wildman–Crippen LogP) is 3.55. The summed E-state index contributed by atoms with van der Waals surface area (Å²) in [6, 6.07) is 3.65. The van der Waals surface area contributed by atoms with E-state index in [9.17, 15) is 4.39 Å². The molecule has 0 amide bonds. The van der Waals surface area contributed by atoms with Crippen LogP contribution in [0.2, 0.25) is 0 Å². The maximum Gasteiger partial charge on any atom is 0.171 e. The van der Waals surface area contributed by atoms with Crippen LogP contribution in [0.25, 0.3) is 0 Å². The lowest BCUT2D eigenvalue weighted by atomic mass is 9.85. The summed E-state index contributed by atoms with van der Waals surface area (Å²) in [5.74, 6) is 0.557. The van der Waals surface area contributed by atoms with Gasteiger partial charge in [0.25, 0.3) is 0 Å². The molecule has 1 aromatic carbocycles. The third-order valence-electron chi connectivity index (χ3n) is 4.35. The second-order valence-electron chi connectivity index (χ2n) is 5.96. The van der Waals surface area contributed by atoms with Crippen LogP contribution in [0, 0.1) is 17.7 Å². The highest BCUT2D eigenvalue weighted by molar-refractivity contribution is 9.10. The second-order valence-corrected chi connectivity index (χ2v) is 6.75. The van der Waals surface area contributed by atoms with Crippen molar-refractivity contribution in [2.24, 2.45) is 22.7 Å². The van der Waals surface area contributed by atoms with E-state index in [4.69, 9.17) is 10.9 Å². The third kappa shape index (κ3) is 3.00. The first kappa shape index (κ1) is 16.1. The Kier molecular flexibility index (Phi) is 4.76. The molecule has 3 N–H and O–H groups in total. The third-order valence-corrected chi connectivity index (χ3v) is 5.13. The van der Waals surface area contributed by atoms with Crippen molar-refractivity contribution < 1.29 is 9.60 Å². The first-order valence-electron chi connectivity index (χ1n) is 7.09. The van der Waals surface area contributed by atoms with Crippen molar-refractivity contribution in [3.8, 4) is 0 Å². The molecule has 0 aromatic heterocycles. The van der Waals surface area contributed by atoms with Gasteiger partial charge in [0.1, 0.15) is 0 Å². The molecule has 0 saturated carbocycles. The van der Waals surface area contributed by atoms with Gasteiger partial charge in [0.15, 0.2) is 11.7 Å². The Labute approximate surface area is 132 Å². The number of nitrogens with two attached hydrogens (primary N) is 1. The summed E-state index contributed by atoms with van der Waals surface area (Å²) < 4.78 is 14.9. The van der Waals surface area contributed by atoms with E-state index in [2.05, 4.69) is 46.8 Å². The zero-order chi connectivity index (χ0) is 15.7. The molecule has 3 unspecified atom stereocenters. The van der Waals surface area contributed by atoms with Crippen molar-refractivity contribution in [3.05, 3.63) is 28.0 Å². The van der Waals surface area contributed by atoms with E-state index in [0.29, 0.717) is 23.1 Å². The quantitative estimate of drug-likeness (QED) is 0.368. The molecule has 3 atom stereocenters. The monoisotopic (exact) mass is 357 g/mol. The topological polar surface area (TPSA) is 61.8 Å². The maximum atomic E-state index is 14.7. The summed E-state index contributed by atoms with van der Waals surface area (Å²) in [5.41, 5.74) is 6.46. The molecule has 2 rings (SSSR count). The normalized spacial score (nSPS) is 27.0. The van der Waals surface area contributed by atoms with Gasteiger partial charge < -0.3 is 15.8 Å². The highest BCUT2D eigenvalue weighted by Gasteiger charge is 2.31. The van der Waals surface area contributed by atoms with Crippen LogP contribution in [-0.4, -0.2) is 23.6 Å². The number of hydrogen-bond donors (Lipinski definition) is 2. The molecule has 1 aliphatic rings. The summed E-state index contributed by atoms with van der Waals surface area (Å²) in [5, 5.41) is 11.7. The minimum Gasteiger partial charge on any atom is -0.409 e. The largest absolute Gasteiger partial charge is 0.409 e. The Morgan fingerprint density at radius 2 is 2.10 bits per heavy atom. The Morgan fingerprint density at radius 1 is 1.43 bits per heavy atom. The zero-order valence-corrected chi connectivity index (χ0v) is 14.1. The first-order chi connectivity index (χ1) is 9.86. The fraction of sp³-hybridized carbons (Fsp3) is 0.533.